The minimum absolute atomic E-state index is 0.356. The molecule has 0 N–H and O–H groups in total. The molecule has 2 aromatic rings. The molecule has 26 heavy (non-hydrogen) atoms. The van der Waals surface area contributed by atoms with E-state index in [0.717, 1.165) is 12.7 Å². The van der Waals surface area contributed by atoms with Gasteiger partial charge in [-0.2, -0.15) is 0 Å². The Hall–Kier alpha value is -1.61. The van der Waals surface area contributed by atoms with Crippen molar-refractivity contribution in [2.24, 2.45) is 0 Å². The van der Waals surface area contributed by atoms with Gasteiger partial charge in [0.1, 0.15) is 10.2 Å². The van der Waals surface area contributed by atoms with E-state index < -0.39 is 21.7 Å². The fourth-order valence-corrected chi connectivity index (χ4v) is 4.68. The topological polar surface area (TPSA) is 81.5 Å². The molecule has 1 amide bonds. The Kier molecular flexibility index (Phi) is 4.81. The second kappa shape index (κ2) is 6.53. The van der Waals surface area contributed by atoms with Gasteiger partial charge in [0, 0.05) is 18.1 Å². The van der Waals surface area contributed by atoms with Crippen LogP contribution in [0.25, 0.3) is 10.9 Å². The number of carbonyl (C=O) groups is 1. The molecular formula is C17H22BrN3O4S. The van der Waals surface area contributed by atoms with Gasteiger partial charge in [-0.1, -0.05) is 0 Å². The smallest absolute Gasteiger partial charge is 0.410 e. The lowest BCUT2D eigenvalue weighted by atomic mass is 10.1. The van der Waals surface area contributed by atoms with Crippen molar-refractivity contribution in [2.75, 3.05) is 12.8 Å². The molecule has 0 spiro atoms. The van der Waals surface area contributed by atoms with Gasteiger partial charge in [-0.25, -0.2) is 22.2 Å². The summed E-state index contributed by atoms with van der Waals surface area (Å²) in [7, 11) is -3.57. The molecule has 0 radical (unpaired) electrons. The van der Waals surface area contributed by atoms with Crippen LogP contribution in [-0.2, 0) is 14.8 Å². The van der Waals surface area contributed by atoms with E-state index in [0.29, 0.717) is 34.2 Å². The predicted molar refractivity (Wildman–Crippen MR) is 103 cm³/mol. The molecular weight excluding hydrogens is 422 g/mol. The van der Waals surface area contributed by atoms with Crippen molar-refractivity contribution in [3.05, 3.63) is 28.6 Å². The Morgan fingerprint density at radius 2 is 2.04 bits per heavy atom. The number of carbonyl (C=O) groups excluding carboxylic acids is 1. The number of fused-ring (bicyclic) bond motifs is 1. The monoisotopic (exact) mass is 443 g/mol. The highest BCUT2D eigenvalue weighted by atomic mass is 79.9. The molecule has 0 aromatic carbocycles. The summed E-state index contributed by atoms with van der Waals surface area (Å²) < 4.78 is 32.3. The van der Waals surface area contributed by atoms with Crippen LogP contribution in [0.3, 0.4) is 0 Å². The Balaban J connectivity index is 2.11. The number of nitrogens with zero attached hydrogens (tertiary/aromatic N) is 3. The van der Waals surface area contributed by atoms with Gasteiger partial charge < -0.3 is 4.74 Å². The number of hydrogen-bond acceptors (Lipinski definition) is 5. The van der Waals surface area contributed by atoms with Crippen molar-refractivity contribution < 1.29 is 17.9 Å². The van der Waals surface area contributed by atoms with E-state index in [1.165, 1.54) is 3.97 Å². The fourth-order valence-electron chi connectivity index (χ4n) is 3.29. The number of ether oxygens (including phenoxy) is 1. The summed E-state index contributed by atoms with van der Waals surface area (Å²) >= 11 is 3.29. The lowest BCUT2D eigenvalue weighted by Crippen LogP contribution is -2.37. The minimum Gasteiger partial charge on any atom is -0.444 e. The van der Waals surface area contributed by atoms with E-state index in [4.69, 9.17) is 4.74 Å². The summed E-state index contributed by atoms with van der Waals surface area (Å²) in [6, 6.07) is 3.11. The van der Waals surface area contributed by atoms with Gasteiger partial charge in [-0.3, -0.25) is 4.90 Å². The number of likely N-dealkylation sites (tertiary alicyclic amines) is 1. The molecule has 0 unspecified atom stereocenters. The number of aromatic nitrogens is 2. The summed E-state index contributed by atoms with van der Waals surface area (Å²) in [5, 5.41) is 0.713. The van der Waals surface area contributed by atoms with Crippen LogP contribution in [0, 0.1) is 0 Å². The maximum Gasteiger partial charge on any atom is 0.410 e. The van der Waals surface area contributed by atoms with E-state index in [2.05, 4.69) is 20.9 Å². The quantitative estimate of drug-likeness (QED) is 0.661. The molecule has 1 saturated heterocycles. The van der Waals surface area contributed by atoms with E-state index in [1.807, 2.05) is 20.8 Å². The average molecular weight is 444 g/mol. The van der Waals surface area contributed by atoms with Crippen LogP contribution in [0.2, 0.25) is 0 Å². The van der Waals surface area contributed by atoms with Crippen LogP contribution in [0.15, 0.2) is 22.9 Å². The summed E-state index contributed by atoms with van der Waals surface area (Å²) in [6.45, 7) is 5.97. The van der Waals surface area contributed by atoms with Crippen molar-refractivity contribution in [3.8, 4) is 0 Å². The first-order valence-electron chi connectivity index (χ1n) is 8.34. The standard InChI is InChI=1S/C17H22BrN3O4S/c1-17(2,3)25-16(22)20-7-5-6-12(20)14-8-11-10-19-15(18)9-13(11)21(14)26(4,23)24/h8-10,12H,5-7H2,1-4H3/t12-/m1/s1. The predicted octanol–water partition coefficient (Wildman–Crippen LogP) is 3.68. The molecule has 0 bridgehead atoms. The molecule has 9 heteroatoms. The Bertz CT molecular complexity index is 962. The van der Waals surface area contributed by atoms with Crippen LogP contribution in [0.1, 0.15) is 45.3 Å². The normalized spacial score (nSPS) is 18.5. The van der Waals surface area contributed by atoms with Crippen LogP contribution in [0.5, 0.6) is 0 Å². The molecule has 7 nitrogen and oxygen atoms in total. The summed E-state index contributed by atoms with van der Waals surface area (Å²) in [4.78, 5) is 18.4. The van der Waals surface area contributed by atoms with Gasteiger partial charge >= 0.3 is 6.09 Å². The van der Waals surface area contributed by atoms with Crippen molar-refractivity contribution in [2.45, 2.75) is 45.3 Å². The highest BCUT2D eigenvalue weighted by Crippen LogP contribution is 2.37. The second-order valence-corrected chi connectivity index (χ2v) is 10.1. The molecule has 2 aromatic heterocycles. The zero-order valence-corrected chi connectivity index (χ0v) is 17.6. The van der Waals surface area contributed by atoms with Crippen molar-refractivity contribution >= 4 is 42.9 Å². The Labute approximate surface area is 161 Å². The zero-order chi connectivity index (χ0) is 19.3. The SMILES string of the molecule is CC(C)(C)OC(=O)N1CCC[C@@H]1c1cc2cnc(Br)cc2n1S(C)(=O)=O. The van der Waals surface area contributed by atoms with Crippen molar-refractivity contribution in [1.29, 1.82) is 0 Å². The van der Waals surface area contributed by atoms with Gasteiger partial charge in [-0.15, -0.1) is 0 Å². The lowest BCUT2D eigenvalue weighted by Gasteiger charge is -2.29. The van der Waals surface area contributed by atoms with E-state index in [1.54, 1.807) is 23.2 Å². The average Bonchev–Trinajstić information content (AvgIpc) is 3.07. The Morgan fingerprint density at radius 3 is 2.65 bits per heavy atom. The minimum atomic E-state index is -3.57. The first-order chi connectivity index (χ1) is 12.0. The van der Waals surface area contributed by atoms with Crippen molar-refractivity contribution in [1.82, 2.24) is 13.9 Å². The number of amides is 1. The first kappa shape index (κ1) is 19.2. The molecule has 3 rings (SSSR count). The van der Waals surface area contributed by atoms with Crippen LogP contribution < -0.4 is 0 Å². The molecule has 0 aliphatic carbocycles. The Morgan fingerprint density at radius 1 is 1.35 bits per heavy atom. The van der Waals surface area contributed by atoms with Crippen LogP contribution in [-0.4, -0.2) is 46.8 Å². The van der Waals surface area contributed by atoms with E-state index in [-0.39, 0.29) is 6.04 Å². The van der Waals surface area contributed by atoms with Crippen LogP contribution in [0.4, 0.5) is 4.79 Å². The molecule has 0 saturated carbocycles. The van der Waals surface area contributed by atoms with Crippen molar-refractivity contribution in [3.63, 3.8) is 0 Å². The fraction of sp³-hybridized carbons (Fsp3) is 0.529. The second-order valence-electron chi connectivity index (χ2n) is 7.49. The maximum atomic E-state index is 12.6. The molecule has 3 heterocycles. The largest absolute Gasteiger partial charge is 0.444 e. The lowest BCUT2D eigenvalue weighted by molar-refractivity contribution is 0.0221. The van der Waals surface area contributed by atoms with Crippen LogP contribution >= 0.6 is 15.9 Å². The van der Waals surface area contributed by atoms with E-state index in [9.17, 15) is 13.2 Å². The molecule has 1 aliphatic rings. The molecule has 1 atom stereocenters. The summed E-state index contributed by atoms with van der Waals surface area (Å²) in [5.41, 5.74) is 0.494. The third-order valence-corrected chi connectivity index (χ3v) is 5.69. The summed E-state index contributed by atoms with van der Waals surface area (Å²) in [5.74, 6) is 0. The summed E-state index contributed by atoms with van der Waals surface area (Å²) in [6.07, 6.45) is 3.83. The van der Waals surface area contributed by atoms with Gasteiger partial charge in [0.25, 0.3) is 0 Å². The van der Waals surface area contributed by atoms with Gasteiger partial charge in [0.05, 0.1) is 23.5 Å². The zero-order valence-electron chi connectivity index (χ0n) is 15.2. The number of halogens is 1. The molecule has 1 aliphatic heterocycles. The third kappa shape index (κ3) is 3.73. The van der Waals surface area contributed by atoms with Gasteiger partial charge in [0.15, 0.2) is 0 Å². The van der Waals surface area contributed by atoms with Gasteiger partial charge in [-0.05, 0) is 61.7 Å². The first-order valence-corrected chi connectivity index (χ1v) is 11.0. The highest BCUT2D eigenvalue weighted by molar-refractivity contribution is 9.10. The third-order valence-electron chi connectivity index (χ3n) is 4.19. The number of hydrogen-bond donors (Lipinski definition) is 0. The molecule has 1 fully saturated rings. The number of rotatable bonds is 2. The van der Waals surface area contributed by atoms with E-state index >= 15 is 0 Å². The highest BCUT2D eigenvalue weighted by Gasteiger charge is 2.36. The maximum absolute atomic E-state index is 12.6. The van der Waals surface area contributed by atoms with Gasteiger partial charge in [0.2, 0.25) is 10.0 Å². The molecule has 142 valence electrons. The number of pyridine rings is 1.